The number of hydrogen-bond donors (Lipinski definition) is 0. The van der Waals surface area contributed by atoms with E-state index in [1.54, 1.807) is 4.68 Å². The molecule has 0 aliphatic carbocycles. The average Bonchev–Trinajstić information content (AvgIpc) is 2.93. The standard InChI is InChI=1S/C21H22N2O2/c1-5-25-21(24)20-16(4)19(17-9-7-6-8-10-17)22-23(20)18-12-11-14(2)13-15(18)3/h6-13H,5H2,1-4H3. The lowest BCUT2D eigenvalue weighted by molar-refractivity contribution is 0.0515. The highest BCUT2D eigenvalue weighted by molar-refractivity contribution is 5.92. The van der Waals surface area contributed by atoms with Crippen LogP contribution in [-0.4, -0.2) is 22.4 Å². The van der Waals surface area contributed by atoms with Gasteiger partial charge in [-0.3, -0.25) is 0 Å². The predicted molar refractivity (Wildman–Crippen MR) is 99.2 cm³/mol. The number of benzene rings is 2. The molecule has 0 aliphatic heterocycles. The minimum atomic E-state index is -0.352. The number of hydrogen-bond acceptors (Lipinski definition) is 3. The third-order valence-corrected chi connectivity index (χ3v) is 4.22. The van der Waals surface area contributed by atoms with Gasteiger partial charge in [-0.2, -0.15) is 5.10 Å². The minimum absolute atomic E-state index is 0.330. The van der Waals surface area contributed by atoms with Gasteiger partial charge in [0.2, 0.25) is 0 Å². The summed E-state index contributed by atoms with van der Waals surface area (Å²) in [5.41, 5.74) is 6.20. The third kappa shape index (κ3) is 3.20. The molecule has 128 valence electrons. The molecule has 0 unspecified atom stereocenters. The van der Waals surface area contributed by atoms with Crippen LogP contribution in [-0.2, 0) is 4.74 Å². The minimum Gasteiger partial charge on any atom is -0.461 e. The van der Waals surface area contributed by atoms with Gasteiger partial charge in [-0.1, -0.05) is 48.0 Å². The zero-order valence-electron chi connectivity index (χ0n) is 15.0. The lowest BCUT2D eigenvalue weighted by Gasteiger charge is -2.11. The van der Waals surface area contributed by atoms with Crippen LogP contribution in [0.4, 0.5) is 0 Å². The summed E-state index contributed by atoms with van der Waals surface area (Å²) in [4.78, 5) is 12.6. The number of aryl methyl sites for hydroxylation is 2. The molecule has 0 atom stereocenters. The second-order valence-corrected chi connectivity index (χ2v) is 6.11. The molecule has 0 aliphatic rings. The Bertz CT molecular complexity index is 911. The summed E-state index contributed by atoms with van der Waals surface area (Å²) in [6.07, 6.45) is 0. The van der Waals surface area contributed by atoms with Crippen LogP contribution in [0.2, 0.25) is 0 Å². The molecule has 25 heavy (non-hydrogen) atoms. The molecule has 0 fully saturated rings. The Hall–Kier alpha value is -2.88. The second-order valence-electron chi connectivity index (χ2n) is 6.11. The lowest BCUT2D eigenvalue weighted by atomic mass is 10.1. The Morgan fingerprint density at radius 2 is 1.80 bits per heavy atom. The van der Waals surface area contributed by atoms with Crippen molar-refractivity contribution in [3.8, 4) is 16.9 Å². The molecule has 4 heteroatoms. The van der Waals surface area contributed by atoms with Gasteiger partial charge in [-0.25, -0.2) is 9.48 Å². The molecule has 0 amide bonds. The van der Waals surface area contributed by atoms with Gasteiger partial charge >= 0.3 is 5.97 Å². The molecule has 0 saturated heterocycles. The number of carbonyl (C=O) groups excluding carboxylic acids is 1. The molecule has 0 N–H and O–H groups in total. The zero-order chi connectivity index (χ0) is 18.0. The summed E-state index contributed by atoms with van der Waals surface area (Å²) in [7, 11) is 0. The van der Waals surface area contributed by atoms with Crippen molar-refractivity contribution >= 4 is 5.97 Å². The molecule has 0 radical (unpaired) electrons. The maximum absolute atomic E-state index is 12.6. The second kappa shape index (κ2) is 6.93. The van der Waals surface area contributed by atoms with E-state index in [2.05, 4.69) is 6.07 Å². The first kappa shape index (κ1) is 17.0. The average molecular weight is 334 g/mol. The Morgan fingerprint density at radius 1 is 1.08 bits per heavy atom. The van der Waals surface area contributed by atoms with Crippen molar-refractivity contribution in [3.63, 3.8) is 0 Å². The van der Waals surface area contributed by atoms with Gasteiger partial charge in [0.25, 0.3) is 0 Å². The molecule has 0 spiro atoms. The highest BCUT2D eigenvalue weighted by Gasteiger charge is 2.24. The first-order valence-electron chi connectivity index (χ1n) is 8.42. The molecule has 4 nitrogen and oxygen atoms in total. The van der Waals surface area contributed by atoms with E-state index in [1.165, 1.54) is 5.56 Å². The summed E-state index contributed by atoms with van der Waals surface area (Å²) < 4.78 is 7.00. The van der Waals surface area contributed by atoms with Crippen LogP contribution < -0.4 is 0 Å². The van der Waals surface area contributed by atoms with Crippen molar-refractivity contribution < 1.29 is 9.53 Å². The zero-order valence-corrected chi connectivity index (χ0v) is 15.0. The maximum Gasteiger partial charge on any atom is 0.357 e. The largest absolute Gasteiger partial charge is 0.461 e. The number of nitrogens with zero attached hydrogens (tertiary/aromatic N) is 2. The Kier molecular flexibility index (Phi) is 4.70. The molecule has 0 bridgehead atoms. The number of ether oxygens (including phenoxy) is 1. The van der Waals surface area contributed by atoms with Crippen LogP contribution in [0.3, 0.4) is 0 Å². The van der Waals surface area contributed by atoms with E-state index in [0.29, 0.717) is 12.3 Å². The number of carbonyl (C=O) groups is 1. The Labute approximate surface area is 148 Å². The number of aromatic nitrogens is 2. The first-order valence-corrected chi connectivity index (χ1v) is 8.42. The maximum atomic E-state index is 12.6. The monoisotopic (exact) mass is 334 g/mol. The van der Waals surface area contributed by atoms with Crippen LogP contribution in [0.15, 0.2) is 48.5 Å². The van der Waals surface area contributed by atoms with Crippen LogP contribution in [0, 0.1) is 20.8 Å². The molecule has 0 saturated carbocycles. The van der Waals surface area contributed by atoms with E-state index in [1.807, 2.05) is 70.2 Å². The third-order valence-electron chi connectivity index (χ3n) is 4.22. The fourth-order valence-corrected chi connectivity index (χ4v) is 3.02. The van der Waals surface area contributed by atoms with Crippen LogP contribution in [0.5, 0.6) is 0 Å². The summed E-state index contributed by atoms with van der Waals surface area (Å²) in [6, 6.07) is 16.0. The summed E-state index contributed by atoms with van der Waals surface area (Å²) >= 11 is 0. The van der Waals surface area contributed by atoms with Crippen molar-refractivity contribution in [1.29, 1.82) is 0 Å². The fourth-order valence-electron chi connectivity index (χ4n) is 3.02. The lowest BCUT2D eigenvalue weighted by Crippen LogP contribution is -2.14. The van der Waals surface area contributed by atoms with Crippen molar-refractivity contribution in [3.05, 3.63) is 70.9 Å². The quantitative estimate of drug-likeness (QED) is 0.653. The topological polar surface area (TPSA) is 44.1 Å². The molecule has 1 aromatic heterocycles. The van der Waals surface area contributed by atoms with Crippen molar-refractivity contribution in [2.45, 2.75) is 27.7 Å². The van der Waals surface area contributed by atoms with E-state index in [9.17, 15) is 4.79 Å². The molecule has 3 aromatic rings. The van der Waals surface area contributed by atoms with Crippen molar-refractivity contribution in [2.75, 3.05) is 6.61 Å². The van der Waals surface area contributed by atoms with Gasteiger partial charge in [0, 0.05) is 11.1 Å². The summed E-state index contributed by atoms with van der Waals surface area (Å²) in [6.45, 7) is 8.13. The van der Waals surface area contributed by atoms with E-state index in [0.717, 1.165) is 28.1 Å². The highest BCUT2D eigenvalue weighted by atomic mass is 16.5. The fraction of sp³-hybridized carbons (Fsp3) is 0.238. The summed E-state index contributed by atoms with van der Waals surface area (Å²) in [5.74, 6) is -0.352. The Balaban J connectivity index is 2.24. The normalized spacial score (nSPS) is 10.7. The van der Waals surface area contributed by atoms with Gasteiger partial charge in [-0.15, -0.1) is 0 Å². The highest BCUT2D eigenvalue weighted by Crippen LogP contribution is 2.28. The SMILES string of the molecule is CCOC(=O)c1c(C)c(-c2ccccc2)nn1-c1ccc(C)cc1C. The van der Waals surface area contributed by atoms with E-state index in [-0.39, 0.29) is 5.97 Å². The van der Waals surface area contributed by atoms with Gasteiger partial charge in [0.05, 0.1) is 18.0 Å². The molecule has 3 rings (SSSR count). The van der Waals surface area contributed by atoms with Gasteiger partial charge in [-0.05, 0) is 39.3 Å². The van der Waals surface area contributed by atoms with Crippen LogP contribution in [0.25, 0.3) is 16.9 Å². The predicted octanol–water partition coefficient (Wildman–Crippen LogP) is 4.64. The van der Waals surface area contributed by atoms with Crippen molar-refractivity contribution in [2.24, 2.45) is 0 Å². The number of rotatable bonds is 4. The molecular weight excluding hydrogens is 312 g/mol. The van der Waals surface area contributed by atoms with Crippen LogP contribution in [0.1, 0.15) is 34.1 Å². The smallest absolute Gasteiger partial charge is 0.357 e. The molecule has 2 aromatic carbocycles. The van der Waals surface area contributed by atoms with Crippen molar-refractivity contribution in [1.82, 2.24) is 9.78 Å². The first-order chi connectivity index (χ1) is 12.0. The van der Waals surface area contributed by atoms with Crippen LogP contribution >= 0.6 is 0 Å². The van der Waals surface area contributed by atoms with Gasteiger partial charge < -0.3 is 4.74 Å². The van der Waals surface area contributed by atoms with E-state index < -0.39 is 0 Å². The molecule has 1 heterocycles. The van der Waals surface area contributed by atoms with Gasteiger partial charge in [0.15, 0.2) is 5.69 Å². The summed E-state index contributed by atoms with van der Waals surface area (Å²) in [5, 5.41) is 4.76. The van der Waals surface area contributed by atoms with Gasteiger partial charge in [0.1, 0.15) is 0 Å². The van der Waals surface area contributed by atoms with E-state index >= 15 is 0 Å². The molecular formula is C21H22N2O2. The Morgan fingerprint density at radius 3 is 2.44 bits per heavy atom. The van der Waals surface area contributed by atoms with E-state index in [4.69, 9.17) is 9.84 Å². The number of esters is 1.